The molecule has 1 heterocycles. The largest absolute Gasteiger partial charge is 0.493 e. The van der Waals surface area contributed by atoms with Gasteiger partial charge >= 0.3 is 0 Å². The molecule has 0 fully saturated rings. The predicted molar refractivity (Wildman–Crippen MR) is 98.1 cm³/mol. The van der Waals surface area contributed by atoms with Crippen molar-refractivity contribution in [2.45, 2.75) is 6.10 Å². The minimum atomic E-state index is -0.900. The second-order valence-corrected chi connectivity index (χ2v) is 5.69. The van der Waals surface area contributed by atoms with Gasteiger partial charge in [-0.1, -0.05) is 12.1 Å². The first-order valence-electron chi connectivity index (χ1n) is 8.36. The van der Waals surface area contributed by atoms with E-state index in [1.54, 1.807) is 30.3 Å². The van der Waals surface area contributed by atoms with Crippen LogP contribution < -0.4 is 34.5 Å². The molecule has 3 rings (SSSR count). The molecule has 2 N–H and O–H groups in total. The number of hydrogen-bond acceptors (Lipinski definition) is 7. The SMILES string of the molecule is COc1ccc(C(=O)NNC(=O)C2COc3ccccc3O2)c(OC)c1OC. The smallest absolute Gasteiger partial charge is 0.283 e. The standard InChI is InChI=1S/C19H20N2O7/c1-24-14-9-8-11(16(25-2)17(14)26-3)18(22)20-21-19(23)15-10-27-12-6-4-5-7-13(12)28-15/h4-9,15H,10H2,1-3H3,(H,20,22)(H,21,23). The first kappa shape index (κ1) is 19.2. The lowest BCUT2D eigenvalue weighted by atomic mass is 10.1. The molecule has 1 aliphatic heterocycles. The zero-order valence-corrected chi connectivity index (χ0v) is 15.6. The van der Waals surface area contributed by atoms with Gasteiger partial charge in [-0.3, -0.25) is 20.4 Å². The summed E-state index contributed by atoms with van der Waals surface area (Å²) < 4.78 is 26.8. The fraction of sp³-hybridized carbons (Fsp3) is 0.263. The van der Waals surface area contributed by atoms with E-state index in [1.807, 2.05) is 0 Å². The maximum absolute atomic E-state index is 12.5. The molecule has 0 aromatic heterocycles. The van der Waals surface area contributed by atoms with Crippen molar-refractivity contribution >= 4 is 11.8 Å². The number of rotatable bonds is 5. The fourth-order valence-electron chi connectivity index (χ4n) is 2.70. The number of para-hydroxylation sites is 2. The number of methoxy groups -OCH3 is 3. The zero-order chi connectivity index (χ0) is 20.1. The average molecular weight is 388 g/mol. The molecule has 0 aliphatic carbocycles. The molecule has 2 aromatic rings. The Balaban J connectivity index is 1.67. The minimum Gasteiger partial charge on any atom is -0.493 e. The van der Waals surface area contributed by atoms with Crippen molar-refractivity contribution < 1.29 is 33.3 Å². The van der Waals surface area contributed by atoms with Crippen molar-refractivity contribution in [3.63, 3.8) is 0 Å². The van der Waals surface area contributed by atoms with E-state index < -0.39 is 17.9 Å². The molecule has 1 atom stereocenters. The molecule has 0 spiro atoms. The average Bonchev–Trinajstić information content (AvgIpc) is 2.75. The third kappa shape index (κ3) is 3.73. The molecule has 0 radical (unpaired) electrons. The Morgan fingerprint density at radius 2 is 1.64 bits per heavy atom. The summed E-state index contributed by atoms with van der Waals surface area (Å²) in [5.74, 6) is 0.730. The number of hydrazine groups is 1. The van der Waals surface area contributed by atoms with Crippen LogP contribution in [0.3, 0.4) is 0 Å². The topological polar surface area (TPSA) is 104 Å². The quantitative estimate of drug-likeness (QED) is 0.744. The number of carbonyl (C=O) groups excluding carboxylic acids is 2. The number of fused-ring (bicyclic) bond motifs is 1. The van der Waals surface area contributed by atoms with Crippen LogP contribution in [0.15, 0.2) is 36.4 Å². The Morgan fingerprint density at radius 3 is 2.32 bits per heavy atom. The van der Waals surface area contributed by atoms with Crippen molar-refractivity contribution in [1.82, 2.24) is 10.9 Å². The van der Waals surface area contributed by atoms with Gasteiger partial charge in [-0.2, -0.15) is 0 Å². The highest BCUT2D eigenvalue weighted by atomic mass is 16.6. The lowest BCUT2D eigenvalue weighted by Gasteiger charge is -2.25. The van der Waals surface area contributed by atoms with Crippen molar-refractivity contribution in [2.75, 3.05) is 27.9 Å². The highest BCUT2D eigenvalue weighted by Gasteiger charge is 2.28. The van der Waals surface area contributed by atoms with Gasteiger partial charge < -0.3 is 23.7 Å². The van der Waals surface area contributed by atoms with E-state index in [9.17, 15) is 9.59 Å². The van der Waals surface area contributed by atoms with Crippen LogP contribution in [-0.4, -0.2) is 45.9 Å². The maximum Gasteiger partial charge on any atom is 0.283 e. The van der Waals surface area contributed by atoms with E-state index in [-0.39, 0.29) is 23.7 Å². The second kappa shape index (κ2) is 8.38. The van der Waals surface area contributed by atoms with E-state index in [2.05, 4.69) is 10.9 Å². The number of carbonyl (C=O) groups is 2. The van der Waals surface area contributed by atoms with Crippen LogP contribution in [0, 0.1) is 0 Å². The van der Waals surface area contributed by atoms with E-state index in [0.717, 1.165) is 0 Å². The molecule has 1 unspecified atom stereocenters. The highest BCUT2D eigenvalue weighted by molar-refractivity contribution is 5.99. The third-order valence-electron chi connectivity index (χ3n) is 4.05. The summed E-state index contributed by atoms with van der Waals surface area (Å²) in [6, 6.07) is 10.1. The van der Waals surface area contributed by atoms with Crippen molar-refractivity contribution in [2.24, 2.45) is 0 Å². The molecule has 0 saturated carbocycles. The van der Waals surface area contributed by atoms with Crippen LogP contribution in [0.1, 0.15) is 10.4 Å². The van der Waals surface area contributed by atoms with Gasteiger partial charge in [-0.15, -0.1) is 0 Å². The molecule has 0 saturated heterocycles. The van der Waals surface area contributed by atoms with Crippen molar-refractivity contribution in [3.05, 3.63) is 42.0 Å². The Hall–Kier alpha value is -3.62. The molecule has 9 nitrogen and oxygen atoms in total. The summed E-state index contributed by atoms with van der Waals surface area (Å²) in [6.45, 7) is 0.0262. The Kier molecular flexibility index (Phi) is 5.73. The number of ether oxygens (including phenoxy) is 5. The summed E-state index contributed by atoms with van der Waals surface area (Å²) >= 11 is 0. The van der Waals surface area contributed by atoms with Gasteiger partial charge in [0.05, 0.1) is 26.9 Å². The van der Waals surface area contributed by atoms with Crippen molar-refractivity contribution in [3.8, 4) is 28.7 Å². The van der Waals surface area contributed by atoms with Gasteiger partial charge in [0, 0.05) is 0 Å². The molecule has 2 aromatic carbocycles. The molecular formula is C19H20N2O7. The van der Waals surface area contributed by atoms with Gasteiger partial charge in [-0.25, -0.2) is 0 Å². The molecule has 0 bridgehead atoms. The van der Waals surface area contributed by atoms with Gasteiger partial charge in [0.25, 0.3) is 11.8 Å². The number of amides is 2. The van der Waals surface area contributed by atoms with Gasteiger partial charge in [0.15, 0.2) is 23.0 Å². The van der Waals surface area contributed by atoms with E-state index in [0.29, 0.717) is 17.2 Å². The Bertz CT molecular complexity index is 885. The Labute approximate surface area is 161 Å². The summed E-state index contributed by atoms with van der Waals surface area (Å²) in [4.78, 5) is 24.8. The van der Waals surface area contributed by atoms with E-state index in [1.165, 1.54) is 27.4 Å². The van der Waals surface area contributed by atoms with Crippen molar-refractivity contribution in [1.29, 1.82) is 0 Å². The lowest BCUT2D eigenvalue weighted by molar-refractivity contribution is -0.131. The third-order valence-corrected chi connectivity index (χ3v) is 4.05. The monoisotopic (exact) mass is 388 g/mol. The number of nitrogens with one attached hydrogen (secondary N) is 2. The Morgan fingerprint density at radius 1 is 0.929 bits per heavy atom. The second-order valence-electron chi connectivity index (χ2n) is 5.69. The highest BCUT2D eigenvalue weighted by Crippen LogP contribution is 2.39. The molecule has 2 amide bonds. The lowest BCUT2D eigenvalue weighted by Crippen LogP contribution is -2.50. The van der Waals surface area contributed by atoms with Crippen LogP contribution >= 0.6 is 0 Å². The summed E-state index contributed by atoms with van der Waals surface area (Å²) in [6.07, 6.45) is -0.900. The molecule has 28 heavy (non-hydrogen) atoms. The number of hydrogen-bond donors (Lipinski definition) is 2. The zero-order valence-electron chi connectivity index (χ0n) is 15.6. The van der Waals surface area contributed by atoms with Gasteiger partial charge in [0.1, 0.15) is 6.61 Å². The van der Waals surface area contributed by atoms with E-state index in [4.69, 9.17) is 23.7 Å². The van der Waals surface area contributed by atoms with Crippen LogP contribution in [0.2, 0.25) is 0 Å². The first-order chi connectivity index (χ1) is 13.6. The van der Waals surface area contributed by atoms with Crippen LogP contribution in [0.25, 0.3) is 0 Å². The van der Waals surface area contributed by atoms with Gasteiger partial charge in [0.2, 0.25) is 11.9 Å². The summed E-state index contributed by atoms with van der Waals surface area (Å²) in [5, 5.41) is 0. The molecule has 1 aliphatic rings. The predicted octanol–water partition coefficient (Wildman–Crippen LogP) is 1.31. The maximum atomic E-state index is 12.5. The van der Waals surface area contributed by atoms with Gasteiger partial charge in [-0.05, 0) is 24.3 Å². The van der Waals surface area contributed by atoms with Crippen LogP contribution in [0.4, 0.5) is 0 Å². The van der Waals surface area contributed by atoms with Crippen LogP contribution in [0.5, 0.6) is 28.7 Å². The fourth-order valence-corrected chi connectivity index (χ4v) is 2.70. The van der Waals surface area contributed by atoms with Crippen LogP contribution in [-0.2, 0) is 4.79 Å². The first-order valence-corrected chi connectivity index (χ1v) is 8.36. The number of benzene rings is 2. The minimum absolute atomic E-state index is 0.0262. The molecule has 148 valence electrons. The molecule has 9 heteroatoms. The van der Waals surface area contributed by atoms with E-state index >= 15 is 0 Å². The normalized spacial score (nSPS) is 14.6. The summed E-state index contributed by atoms with van der Waals surface area (Å²) in [7, 11) is 4.31. The molecular weight excluding hydrogens is 368 g/mol. The summed E-state index contributed by atoms with van der Waals surface area (Å²) in [5.41, 5.74) is 4.82.